The fourth-order valence-electron chi connectivity index (χ4n) is 3.14. The second-order valence-electron chi connectivity index (χ2n) is 6.67. The van der Waals surface area contributed by atoms with E-state index in [1.807, 2.05) is 12.1 Å². The van der Waals surface area contributed by atoms with Crippen molar-refractivity contribution in [3.8, 4) is 5.75 Å². The monoisotopic (exact) mass is 349 g/mol. The summed E-state index contributed by atoms with van der Waals surface area (Å²) >= 11 is 0. The molecule has 1 fully saturated rings. The fourth-order valence-corrected chi connectivity index (χ4v) is 3.14. The van der Waals surface area contributed by atoms with Gasteiger partial charge in [-0.2, -0.15) is 0 Å². The zero-order valence-electron chi connectivity index (χ0n) is 15.4. The summed E-state index contributed by atoms with van der Waals surface area (Å²) in [5.41, 5.74) is 6.85. The maximum atomic E-state index is 11.9. The minimum absolute atomic E-state index is 0.0259. The number of ether oxygens (including phenoxy) is 2. The predicted octanol–water partition coefficient (Wildman–Crippen LogP) is 1.39. The topological polar surface area (TPSA) is 76.8 Å². The number of nitrogens with one attached hydrogen (secondary N) is 1. The molecule has 0 radical (unpaired) electrons. The van der Waals surface area contributed by atoms with Crippen molar-refractivity contribution in [2.45, 2.75) is 31.9 Å². The number of methoxy groups -OCH3 is 2. The third-order valence-corrected chi connectivity index (χ3v) is 4.87. The van der Waals surface area contributed by atoms with E-state index < -0.39 is 0 Å². The summed E-state index contributed by atoms with van der Waals surface area (Å²) < 4.78 is 10.3. The van der Waals surface area contributed by atoms with Crippen LogP contribution in [-0.2, 0) is 16.1 Å². The first-order valence-electron chi connectivity index (χ1n) is 8.99. The number of carbonyl (C=O) groups excluding carboxylic acids is 1. The maximum absolute atomic E-state index is 11.9. The number of hydrogen-bond donors (Lipinski definition) is 2. The molecule has 25 heavy (non-hydrogen) atoms. The highest BCUT2D eigenvalue weighted by molar-refractivity contribution is 5.76. The molecule has 140 valence electrons. The van der Waals surface area contributed by atoms with Gasteiger partial charge in [0.2, 0.25) is 5.91 Å². The number of nitrogens with two attached hydrogens (primary N) is 1. The molecule has 0 spiro atoms. The van der Waals surface area contributed by atoms with E-state index in [9.17, 15) is 4.79 Å². The average Bonchev–Trinajstić information content (AvgIpc) is 2.66. The van der Waals surface area contributed by atoms with Crippen LogP contribution in [0.1, 0.15) is 24.8 Å². The molecule has 0 aliphatic carbocycles. The van der Waals surface area contributed by atoms with Gasteiger partial charge >= 0.3 is 0 Å². The van der Waals surface area contributed by atoms with Crippen molar-refractivity contribution in [3.63, 3.8) is 0 Å². The Balaban J connectivity index is 1.66. The van der Waals surface area contributed by atoms with Crippen molar-refractivity contribution >= 4 is 5.91 Å². The summed E-state index contributed by atoms with van der Waals surface area (Å²) in [7, 11) is 3.27. The maximum Gasteiger partial charge on any atom is 0.222 e. The smallest absolute Gasteiger partial charge is 0.222 e. The van der Waals surface area contributed by atoms with E-state index in [1.165, 1.54) is 5.56 Å². The molecule has 1 aromatic rings. The van der Waals surface area contributed by atoms with Crippen LogP contribution < -0.4 is 15.8 Å². The molecule has 1 saturated heterocycles. The van der Waals surface area contributed by atoms with E-state index in [2.05, 4.69) is 22.3 Å². The molecule has 0 bridgehead atoms. The first kappa shape index (κ1) is 19.7. The van der Waals surface area contributed by atoms with Gasteiger partial charge in [0.25, 0.3) is 0 Å². The van der Waals surface area contributed by atoms with E-state index in [1.54, 1.807) is 14.2 Å². The van der Waals surface area contributed by atoms with E-state index in [-0.39, 0.29) is 12.0 Å². The Hall–Kier alpha value is -1.63. The molecule has 1 atom stereocenters. The van der Waals surface area contributed by atoms with Gasteiger partial charge in [-0.05, 0) is 49.5 Å². The first-order valence-corrected chi connectivity index (χ1v) is 8.99. The van der Waals surface area contributed by atoms with Crippen molar-refractivity contribution < 1.29 is 14.3 Å². The van der Waals surface area contributed by atoms with Crippen LogP contribution in [0.3, 0.4) is 0 Å². The molecule has 6 nitrogen and oxygen atoms in total. The van der Waals surface area contributed by atoms with Crippen LogP contribution in [0, 0.1) is 5.92 Å². The highest BCUT2D eigenvalue weighted by Crippen LogP contribution is 2.19. The molecular formula is C19H31N3O3. The van der Waals surface area contributed by atoms with Crippen molar-refractivity contribution in [3.05, 3.63) is 29.8 Å². The van der Waals surface area contributed by atoms with Crippen molar-refractivity contribution in [2.24, 2.45) is 11.7 Å². The molecule has 1 aliphatic rings. The molecule has 0 aromatic heterocycles. The quantitative estimate of drug-likeness (QED) is 0.704. The highest BCUT2D eigenvalue weighted by atomic mass is 16.5. The molecule has 3 N–H and O–H groups in total. The van der Waals surface area contributed by atoms with Gasteiger partial charge in [-0.25, -0.2) is 0 Å². The Labute approximate surface area is 150 Å². The first-order chi connectivity index (χ1) is 12.1. The van der Waals surface area contributed by atoms with E-state index in [0.717, 1.165) is 44.8 Å². The lowest BCUT2D eigenvalue weighted by atomic mass is 9.96. The lowest BCUT2D eigenvalue weighted by Crippen LogP contribution is -2.39. The summed E-state index contributed by atoms with van der Waals surface area (Å²) in [6.45, 7) is 4.21. The van der Waals surface area contributed by atoms with Crippen LogP contribution in [0.15, 0.2) is 24.3 Å². The lowest BCUT2D eigenvalue weighted by molar-refractivity contribution is -0.123. The zero-order valence-corrected chi connectivity index (χ0v) is 15.4. The second kappa shape index (κ2) is 10.4. The van der Waals surface area contributed by atoms with Crippen LogP contribution in [0.5, 0.6) is 5.75 Å². The normalized spacial score (nSPS) is 17.2. The van der Waals surface area contributed by atoms with Crippen LogP contribution >= 0.6 is 0 Å². The number of piperidine rings is 1. The molecular weight excluding hydrogens is 318 g/mol. The van der Waals surface area contributed by atoms with E-state index in [4.69, 9.17) is 15.2 Å². The predicted molar refractivity (Wildman–Crippen MR) is 98.5 cm³/mol. The SMILES string of the molecule is COc1ccc(CN2CCC(CNC(=O)CC(CN)OC)CC2)cc1. The van der Waals surface area contributed by atoms with Gasteiger partial charge in [0.1, 0.15) is 5.75 Å². The third-order valence-electron chi connectivity index (χ3n) is 4.87. The fraction of sp³-hybridized carbons (Fsp3) is 0.632. The Morgan fingerprint density at radius 2 is 1.96 bits per heavy atom. The number of hydrogen-bond acceptors (Lipinski definition) is 5. The summed E-state index contributed by atoms with van der Waals surface area (Å²) in [5.74, 6) is 1.47. The van der Waals surface area contributed by atoms with Crippen LogP contribution in [0.4, 0.5) is 0 Å². The molecule has 6 heteroatoms. The van der Waals surface area contributed by atoms with Gasteiger partial charge < -0.3 is 20.5 Å². The summed E-state index contributed by atoms with van der Waals surface area (Å²) in [4.78, 5) is 14.4. The Bertz CT molecular complexity index is 509. The number of carbonyl (C=O) groups is 1. The van der Waals surface area contributed by atoms with Gasteiger partial charge in [0, 0.05) is 26.7 Å². The van der Waals surface area contributed by atoms with Crippen LogP contribution in [-0.4, -0.2) is 57.3 Å². The minimum Gasteiger partial charge on any atom is -0.497 e. The molecule has 0 saturated carbocycles. The molecule has 1 heterocycles. The number of amides is 1. The minimum atomic E-state index is -0.189. The Kier molecular flexibility index (Phi) is 8.18. The molecule has 2 rings (SSSR count). The average molecular weight is 349 g/mol. The highest BCUT2D eigenvalue weighted by Gasteiger charge is 2.20. The summed E-state index contributed by atoms with van der Waals surface area (Å²) in [5, 5.41) is 3.02. The number of nitrogens with zero attached hydrogens (tertiary/aromatic N) is 1. The van der Waals surface area contributed by atoms with Crippen molar-refractivity contribution in [1.82, 2.24) is 10.2 Å². The molecule has 1 aromatic carbocycles. The van der Waals surface area contributed by atoms with Crippen LogP contribution in [0.2, 0.25) is 0 Å². The Morgan fingerprint density at radius 1 is 1.28 bits per heavy atom. The Morgan fingerprint density at radius 3 is 2.52 bits per heavy atom. The van der Waals surface area contributed by atoms with Crippen molar-refractivity contribution in [1.29, 1.82) is 0 Å². The molecule has 1 amide bonds. The van der Waals surface area contributed by atoms with E-state index >= 15 is 0 Å². The van der Waals surface area contributed by atoms with Gasteiger partial charge in [0.15, 0.2) is 0 Å². The summed E-state index contributed by atoms with van der Waals surface area (Å²) in [6.07, 6.45) is 2.37. The van der Waals surface area contributed by atoms with Gasteiger partial charge in [0.05, 0.1) is 19.6 Å². The standard InChI is InChI=1S/C19H31N3O3/c1-24-17-5-3-16(4-6-17)14-22-9-7-15(8-10-22)13-21-19(23)11-18(12-20)25-2/h3-6,15,18H,7-14,20H2,1-2H3,(H,21,23). The van der Waals surface area contributed by atoms with E-state index in [0.29, 0.717) is 18.9 Å². The summed E-state index contributed by atoms with van der Waals surface area (Å²) in [6, 6.07) is 8.25. The molecule has 1 unspecified atom stereocenters. The largest absolute Gasteiger partial charge is 0.497 e. The molecule has 1 aliphatic heterocycles. The number of rotatable bonds is 9. The second-order valence-corrected chi connectivity index (χ2v) is 6.67. The van der Waals surface area contributed by atoms with Gasteiger partial charge in [-0.1, -0.05) is 12.1 Å². The zero-order chi connectivity index (χ0) is 18.1. The number of benzene rings is 1. The third kappa shape index (κ3) is 6.65. The van der Waals surface area contributed by atoms with Gasteiger partial charge in [-0.3, -0.25) is 9.69 Å². The van der Waals surface area contributed by atoms with Crippen LogP contribution in [0.25, 0.3) is 0 Å². The lowest BCUT2D eigenvalue weighted by Gasteiger charge is -2.32. The van der Waals surface area contributed by atoms with Crippen molar-refractivity contribution in [2.75, 3.05) is 40.4 Å². The number of likely N-dealkylation sites (tertiary alicyclic amines) is 1. The van der Waals surface area contributed by atoms with Gasteiger partial charge in [-0.15, -0.1) is 0 Å².